The molecule has 1 N–H and O–H groups in total. The van der Waals surface area contributed by atoms with Crippen LogP contribution in [0.2, 0.25) is 0 Å². The second kappa shape index (κ2) is 16.7. The highest BCUT2D eigenvalue weighted by molar-refractivity contribution is 6.14. The summed E-state index contributed by atoms with van der Waals surface area (Å²) in [6, 6.07) is 28.5. The smallest absolute Gasteiger partial charge is 0.311 e. The molecule has 9 rings (SSSR count). The highest BCUT2D eigenvalue weighted by Gasteiger charge is 2.39. The minimum Gasteiger partial charge on any atom is -0.493 e. The van der Waals surface area contributed by atoms with Crippen molar-refractivity contribution < 1.29 is 43.1 Å². The van der Waals surface area contributed by atoms with E-state index in [1.54, 1.807) is 43.4 Å². The number of hydrogen-bond donors (Lipinski definition) is 1. The molecule has 1 amide bonds. The van der Waals surface area contributed by atoms with Crippen molar-refractivity contribution in [3.63, 3.8) is 0 Å². The molecule has 13 nitrogen and oxygen atoms in total. The number of ether oxygens (including phenoxy) is 6. The van der Waals surface area contributed by atoms with E-state index in [2.05, 4.69) is 6.07 Å². The number of methoxy groups -OCH3 is 3. The summed E-state index contributed by atoms with van der Waals surface area (Å²) in [6.45, 7) is 7.75. The van der Waals surface area contributed by atoms with Gasteiger partial charge in [-0.25, -0.2) is 0 Å². The largest absolute Gasteiger partial charge is 0.493 e. The first-order valence-corrected chi connectivity index (χ1v) is 21.4. The van der Waals surface area contributed by atoms with Crippen LogP contribution >= 0.6 is 0 Å². The van der Waals surface area contributed by atoms with Crippen molar-refractivity contribution in [1.82, 2.24) is 0 Å². The summed E-state index contributed by atoms with van der Waals surface area (Å²) in [5, 5.41) is 11.7. The summed E-state index contributed by atoms with van der Waals surface area (Å²) in [4.78, 5) is 40.1. The number of fused-ring (bicyclic) bond motifs is 8. The second-order valence-corrected chi connectivity index (χ2v) is 17.9. The number of aliphatic hydroxyl groups is 1. The Balaban J connectivity index is 0.995. The van der Waals surface area contributed by atoms with E-state index in [4.69, 9.17) is 38.4 Å². The Kier molecular flexibility index (Phi) is 11.1. The Labute approximate surface area is 372 Å². The van der Waals surface area contributed by atoms with Crippen LogP contribution in [0.15, 0.2) is 101 Å². The van der Waals surface area contributed by atoms with Crippen molar-refractivity contribution in [2.24, 2.45) is 15.4 Å². The zero-order valence-electron chi connectivity index (χ0n) is 37.1. The fraction of sp³-hybridized carbons (Fsp3) is 0.333. The highest BCUT2D eigenvalue weighted by Crippen LogP contribution is 2.46. The van der Waals surface area contributed by atoms with Crippen molar-refractivity contribution in [1.29, 1.82) is 0 Å². The van der Waals surface area contributed by atoms with Crippen LogP contribution < -0.4 is 33.5 Å². The van der Waals surface area contributed by atoms with Crippen molar-refractivity contribution in [3.8, 4) is 28.7 Å². The molecular formula is C51H52N4O9. The van der Waals surface area contributed by atoms with E-state index in [-0.39, 0.29) is 37.2 Å². The molecule has 5 aromatic carbocycles. The van der Waals surface area contributed by atoms with Gasteiger partial charge in [-0.1, -0.05) is 36.4 Å². The van der Waals surface area contributed by atoms with Gasteiger partial charge in [-0.05, 0) is 92.4 Å². The third kappa shape index (κ3) is 8.00. The number of esters is 1. The lowest BCUT2D eigenvalue weighted by molar-refractivity contribution is -0.153. The molecule has 0 radical (unpaired) electrons. The Morgan fingerprint density at radius 3 is 1.97 bits per heavy atom. The van der Waals surface area contributed by atoms with Crippen molar-refractivity contribution >= 4 is 47.1 Å². The summed E-state index contributed by atoms with van der Waals surface area (Å²) >= 11 is 0. The zero-order chi connectivity index (χ0) is 44.9. The van der Waals surface area contributed by atoms with E-state index in [9.17, 15) is 14.7 Å². The topological polar surface area (TPSA) is 141 Å². The molecule has 1 unspecified atom stereocenters. The molecule has 4 aliphatic rings. The lowest BCUT2D eigenvalue weighted by Gasteiger charge is -2.33. The van der Waals surface area contributed by atoms with E-state index >= 15 is 0 Å². The van der Waals surface area contributed by atoms with Gasteiger partial charge in [0.1, 0.15) is 24.6 Å². The molecule has 13 heteroatoms. The van der Waals surface area contributed by atoms with Crippen molar-refractivity contribution in [3.05, 3.63) is 124 Å². The predicted molar refractivity (Wildman–Crippen MR) is 245 cm³/mol. The van der Waals surface area contributed by atoms with Gasteiger partial charge < -0.3 is 38.4 Å². The number of para-hydroxylation sites is 2. The van der Waals surface area contributed by atoms with E-state index < -0.39 is 17.2 Å². The minimum atomic E-state index is -0.946. The van der Waals surface area contributed by atoms with E-state index in [0.717, 1.165) is 40.0 Å². The Morgan fingerprint density at radius 2 is 1.30 bits per heavy atom. The molecule has 0 spiro atoms. The van der Waals surface area contributed by atoms with Crippen molar-refractivity contribution in [2.75, 3.05) is 31.1 Å². The van der Waals surface area contributed by atoms with Crippen LogP contribution in [0.3, 0.4) is 0 Å². The Bertz CT molecular complexity index is 2710. The summed E-state index contributed by atoms with van der Waals surface area (Å²) in [5.41, 5.74) is 6.16. The maximum absolute atomic E-state index is 14.0. The second-order valence-electron chi connectivity index (χ2n) is 17.9. The zero-order valence-corrected chi connectivity index (χ0v) is 37.1. The lowest BCUT2D eigenvalue weighted by atomic mass is 9.81. The fourth-order valence-corrected chi connectivity index (χ4v) is 9.58. The number of benzene rings is 5. The Morgan fingerprint density at radius 1 is 0.719 bits per heavy atom. The van der Waals surface area contributed by atoms with Crippen molar-refractivity contribution in [2.45, 2.75) is 84.1 Å². The summed E-state index contributed by atoms with van der Waals surface area (Å²) in [5.74, 6) is 1.76. The van der Waals surface area contributed by atoms with Gasteiger partial charge in [0, 0.05) is 60.8 Å². The number of carbonyl (C=O) groups excluding carboxylic acids is 2. The number of aliphatic imine (C=N–C) groups is 2. The molecule has 0 saturated carbocycles. The van der Waals surface area contributed by atoms with Crippen LogP contribution in [-0.2, 0) is 35.6 Å². The first-order valence-electron chi connectivity index (χ1n) is 21.4. The third-order valence-corrected chi connectivity index (χ3v) is 12.2. The van der Waals surface area contributed by atoms with E-state index in [0.29, 0.717) is 64.1 Å². The number of anilines is 2. The molecule has 4 aliphatic heterocycles. The molecule has 64 heavy (non-hydrogen) atoms. The van der Waals surface area contributed by atoms with Crippen LogP contribution in [0.1, 0.15) is 78.5 Å². The summed E-state index contributed by atoms with van der Waals surface area (Å²) in [6.07, 6.45) is 4.56. The molecule has 0 aromatic heterocycles. The van der Waals surface area contributed by atoms with Crippen LogP contribution in [0.4, 0.5) is 22.7 Å². The van der Waals surface area contributed by atoms with Gasteiger partial charge in [0.25, 0.3) is 5.91 Å². The number of amides is 1. The van der Waals surface area contributed by atoms with Gasteiger partial charge in [0.15, 0.2) is 29.2 Å². The highest BCUT2D eigenvalue weighted by atomic mass is 16.5. The van der Waals surface area contributed by atoms with Gasteiger partial charge in [-0.3, -0.25) is 24.5 Å². The molecule has 3 atom stereocenters. The number of aliphatic hydroxyl groups excluding tert-OH is 1. The molecule has 0 fully saturated rings. The molecule has 0 saturated heterocycles. The third-order valence-electron chi connectivity index (χ3n) is 12.2. The van der Waals surface area contributed by atoms with Gasteiger partial charge in [0.2, 0.25) is 0 Å². The lowest BCUT2D eigenvalue weighted by Crippen LogP contribution is -2.38. The van der Waals surface area contributed by atoms with Crippen LogP contribution in [0.25, 0.3) is 0 Å². The van der Waals surface area contributed by atoms with Gasteiger partial charge >= 0.3 is 5.97 Å². The van der Waals surface area contributed by atoms with E-state index in [1.165, 1.54) is 7.11 Å². The van der Waals surface area contributed by atoms with Crippen LogP contribution in [-0.4, -0.2) is 68.4 Å². The number of hydrogen-bond acceptors (Lipinski definition) is 12. The average molecular weight is 865 g/mol. The maximum atomic E-state index is 14.0. The monoisotopic (exact) mass is 864 g/mol. The molecule has 330 valence electrons. The first kappa shape index (κ1) is 42.4. The van der Waals surface area contributed by atoms with E-state index in [1.807, 2.05) is 106 Å². The normalized spacial score (nSPS) is 18.1. The van der Waals surface area contributed by atoms with Gasteiger partial charge in [-0.15, -0.1) is 0 Å². The quantitative estimate of drug-likeness (QED) is 0.114. The minimum absolute atomic E-state index is 0.0992. The molecule has 5 aromatic rings. The number of rotatable bonds is 13. The van der Waals surface area contributed by atoms with Crippen LogP contribution in [0.5, 0.6) is 28.7 Å². The average Bonchev–Trinajstić information content (AvgIpc) is 3.77. The molecule has 0 bridgehead atoms. The molecular weight excluding hydrogens is 813 g/mol. The predicted octanol–water partition coefficient (Wildman–Crippen LogP) is 9.03. The SMILES string of the molecule is COC(=O)C(C)(C)CC(C)(C)Oc1cc(COc2cc3c(cc2OC)C(=O)N2c4ccccc4C[C@H]2C=N3)cc(COc2cc3c(cc2OC)C(O)N2c4ccccc4C[C@H]2C=N3)c1. The number of carbonyl (C=O) groups is 2. The Hall–Kier alpha value is -6.86. The van der Waals surface area contributed by atoms with Gasteiger partial charge in [0.05, 0.1) is 55.8 Å². The maximum Gasteiger partial charge on any atom is 0.311 e. The van der Waals surface area contributed by atoms with Gasteiger partial charge in [-0.2, -0.15) is 0 Å². The molecule has 4 heterocycles. The molecule has 0 aliphatic carbocycles. The summed E-state index contributed by atoms with van der Waals surface area (Å²) < 4.78 is 36.3. The first-order chi connectivity index (χ1) is 30.7. The number of nitrogens with zero attached hydrogens (tertiary/aromatic N) is 4. The van der Waals surface area contributed by atoms with Crippen LogP contribution in [0, 0.1) is 5.41 Å². The summed E-state index contributed by atoms with van der Waals surface area (Å²) in [7, 11) is 4.49. The fourth-order valence-electron chi connectivity index (χ4n) is 9.58. The standard InChI is InChI=1S/C51H52N4O9/c1-50(2,49(58)61-7)29-51(3,4)64-36-17-30(27-62-45-23-39-37(21-43(45)59-5)47(56)54-34(25-52-39)19-32-12-8-10-14-41(32)54)16-31(18-36)28-63-46-24-40-38(22-44(46)60-6)48(57)55-35(26-53-40)20-33-13-9-11-15-42(33)55/h8-18,21-26,34-35,47,56H,19-20,27-29H2,1-7H3/t34-,35-,47?/m0/s1.